The number of aryl methyl sites for hydroxylation is 2. The van der Waals surface area contributed by atoms with Crippen LogP contribution in [0.3, 0.4) is 0 Å². The van der Waals surface area contributed by atoms with Gasteiger partial charge < -0.3 is 10.1 Å². The van der Waals surface area contributed by atoms with Crippen molar-refractivity contribution in [3.05, 3.63) is 11.3 Å². The van der Waals surface area contributed by atoms with E-state index in [1.54, 1.807) is 4.68 Å². The molecule has 0 aliphatic carbocycles. The molecule has 2 heterocycles. The molecule has 1 unspecified atom stereocenters. The van der Waals surface area contributed by atoms with Gasteiger partial charge in [-0.25, -0.2) is 0 Å². The fourth-order valence-corrected chi connectivity index (χ4v) is 2.51. The van der Waals surface area contributed by atoms with Crippen LogP contribution >= 0.6 is 0 Å². The Hall–Kier alpha value is -1.54. The van der Waals surface area contributed by atoms with E-state index in [2.05, 4.69) is 30.3 Å². The lowest BCUT2D eigenvalue weighted by Crippen LogP contribution is -2.40. The number of nitrogens with one attached hydrogen (secondary N) is 1. The molecule has 1 atom stereocenters. The lowest BCUT2D eigenvalue weighted by atomic mass is 9.94. The zero-order valence-corrected chi connectivity index (χ0v) is 11.4. The molecule has 5 heteroatoms. The summed E-state index contributed by atoms with van der Waals surface area (Å²) in [6.07, 6.45) is 1.89. The quantitative estimate of drug-likeness (QED) is 0.869. The highest BCUT2D eigenvalue weighted by atomic mass is 16.5. The van der Waals surface area contributed by atoms with Gasteiger partial charge in [0.2, 0.25) is 0 Å². The second-order valence-electron chi connectivity index (χ2n) is 5.49. The number of nitrogens with zero attached hydrogens (tertiary/aromatic N) is 3. The van der Waals surface area contributed by atoms with Crippen LogP contribution in [0.1, 0.15) is 37.9 Å². The molecule has 0 bridgehead atoms. The maximum Gasteiger partial charge on any atom is 0.142 e. The molecule has 1 N–H and O–H groups in total. The van der Waals surface area contributed by atoms with Crippen LogP contribution in [0, 0.1) is 18.3 Å². The molecule has 0 aromatic carbocycles. The van der Waals surface area contributed by atoms with Gasteiger partial charge in [0, 0.05) is 19.7 Å². The summed E-state index contributed by atoms with van der Waals surface area (Å²) in [6, 6.07) is 2.55. The van der Waals surface area contributed by atoms with Crippen LogP contribution in [-0.2, 0) is 11.8 Å². The van der Waals surface area contributed by atoms with Gasteiger partial charge in [-0.05, 0) is 33.6 Å². The van der Waals surface area contributed by atoms with E-state index >= 15 is 0 Å². The number of ether oxygens (including phenoxy) is 1. The lowest BCUT2D eigenvalue weighted by molar-refractivity contribution is -0.0553. The van der Waals surface area contributed by atoms with Crippen LogP contribution in [-0.4, -0.2) is 28.0 Å². The van der Waals surface area contributed by atoms with Gasteiger partial charge in [0.25, 0.3) is 0 Å². The minimum absolute atomic E-state index is 0.101. The monoisotopic (exact) mass is 248 g/mol. The largest absolute Gasteiger partial charge is 0.375 e. The van der Waals surface area contributed by atoms with E-state index in [1.807, 2.05) is 14.0 Å². The van der Waals surface area contributed by atoms with E-state index in [1.165, 1.54) is 0 Å². The number of nitriles is 1. The predicted octanol–water partition coefficient (Wildman–Crippen LogP) is 1.97. The molecule has 18 heavy (non-hydrogen) atoms. The average Bonchev–Trinajstić information content (AvgIpc) is 2.52. The van der Waals surface area contributed by atoms with E-state index in [4.69, 9.17) is 4.74 Å². The Balaban J connectivity index is 2.17. The summed E-state index contributed by atoms with van der Waals surface area (Å²) >= 11 is 0. The molecule has 0 saturated carbocycles. The summed E-state index contributed by atoms with van der Waals surface area (Å²) in [5.41, 5.74) is 1.31. The third kappa shape index (κ3) is 2.49. The smallest absolute Gasteiger partial charge is 0.142 e. The Morgan fingerprint density at radius 1 is 1.56 bits per heavy atom. The molecule has 5 nitrogen and oxygen atoms in total. The van der Waals surface area contributed by atoms with Gasteiger partial charge in [0.05, 0.1) is 11.3 Å². The van der Waals surface area contributed by atoms with Crippen molar-refractivity contribution in [3.8, 4) is 6.07 Å². The summed E-state index contributed by atoms with van der Waals surface area (Å²) in [5, 5.41) is 16.9. The summed E-state index contributed by atoms with van der Waals surface area (Å²) in [6.45, 7) is 6.81. The van der Waals surface area contributed by atoms with Gasteiger partial charge >= 0.3 is 0 Å². The SMILES string of the molecule is Cc1nn(C)c(NC2CCOC(C)(C)C2)c1C#N. The van der Waals surface area contributed by atoms with Gasteiger partial charge in [-0.2, -0.15) is 10.4 Å². The first-order valence-electron chi connectivity index (χ1n) is 6.27. The molecule has 1 aromatic rings. The van der Waals surface area contributed by atoms with Crippen LogP contribution in [0.15, 0.2) is 0 Å². The molecule has 0 radical (unpaired) electrons. The van der Waals surface area contributed by atoms with Crippen molar-refractivity contribution in [1.29, 1.82) is 5.26 Å². The molecular formula is C13H20N4O. The van der Waals surface area contributed by atoms with Crippen molar-refractivity contribution >= 4 is 5.82 Å². The number of aromatic nitrogens is 2. The van der Waals surface area contributed by atoms with Gasteiger partial charge in [0.15, 0.2) is 0 Å². The standard InChI is InChI=1S/C13H20N4O/c1-9-11(8-14)12(17(4)16-9)15-10-5-6-18-13(2,3)7-10/h10,15H,5-7H2,1-4H3. The molecule has 1 aromatic heterocycles. The van der Waals surface area contributed by atoms with Crippen LogP contribution < -0.4 is 5.32 Å². The van der Waals surface area contributed by atoms with Crippen LogP contribution in [0.5, 0.6) is 0 Å². The van der Waals surface area contributed by atoms with Crippen molar-refractivity contribution < 1.29 is 4.74 Å². The molecular weight excluding hydrogens is 228 g/mol. The van der Waals surface area contributed by atoms with E-state index < -0.39 is 0 Å². The fourth-order valence-electron chi connectivity index (χ4n) is 2.51. The lowest BCUT2D eigenvalue weighted by Gasteiger charge is -2.36. The zero-order chi connectivity index (χ0) is 13.3. The molecule has 2 rings (SSSR count). The van der Waals surface area contributed by atoms with Crippen molar-refractivity contribution in [1.82, 2.24) is 9.78 Å². The second kappa shape index (κ2) is 4.62. The Morgan fingerprint density at radius 3 is 2.89 bits per heavy atom. The molecule has 1 saturated heterocycles. The first kappa shape index (κ1) is 12.9. The van der Waals surface area contributed by atoms with Crippen LogP contribution in [0.4, 0.5) is 5.82 Å². The van der Waals surface area contributed by atoms with E-state index in [-0.39, 0.29) is 5.60 Å². The Morgan fingerprint density at radius 2 is 2.28 bits per heavy atom. The van der Waals surface area contributed by atoms with Crippen molar-refractivity contribution in [2.75, 3.05) is 11.9 Å². The Bertz CT molecular complexity index is 484. The van der Waals surface area contributed by atoms with E-state index in [0.29, 0.717) is 11.6 Å². The van der Waals surface area contributed by atoms with Crippen molar-refractivity contribution in [3.63, 3.8) is 0 Å². The highest BCUT2D eigenvalue weighted by Crippen LogP contribution is 2.27. The number of hydrogen-bond acceptors (Lipinski definition) is 4. The summed E-state index contributed by atoms with van der Waals surface area (Å²) in [5.74, 6) is 0.817. The van der Waals surface area contributed by atoms with Crippen LogP contribution in [0.25, 0.3) is 0 Å². The average molecular weight is 248 g/mol. The minimum atomic E-state index is -0.101. The molecule has 0 spiro atoms. The summed E-state index contributed by atoms with van der Waals surface area (Å²) in [4.78, 5) is 0. The minimum Gasteiger partial charge on any atom is -0.375 e. The first-order valence-corrected chi connectivity index (χ1v) is 6.27. The molecule has 1 fully saturated rings. The number of hydrogen-bond donors (Lipinski definition) is 1. The van der Waals surface area contributed by atoms with Gasteiger partial charge in [-0.1, -0.05) is 0 Å². The molecule has 0 amide bonds. The van der Waals surface area contributed by atoms with Crippen molar-refractivity contribution in [2.45, 2.75) is 45.3 Å². The number of anilines is 1. The second-order valence-corrected chi connectivity index (χ2v) is 5.49. The maximum absolute atomic E-state index is 9.18. The van der Waals surface area contributed by atoms with Crippen molar-refractivity contribution in [2.24, 2.45) is 7.05 Å². The highest BCUT2D eigenvalue weighted by molar-refractivity contribution is 5.55. The first-order chi connectivity index (χ1) is 8.43. The van der Waals surface area contributed by atoms with Gasteiger partial charge in [-0.15, -0.1) is 0 Å². The Labute approximate surface area is 108 Å². The third-order valence-corrected chi connectivity index (χ3v) is 3.37. The van der Waals surface area contributed by atoms with Gasteiger partial charge in [0.1, 0.15) is 17.5 Å². The molecule has 1 aliphatic heterocycles. The van der Waals surface area contributed by atoms with Crippen LogP contribution in [0.2, 0.25) is 0 Å². The maximum atomic E-state index is 9.18. The topological polar surface area (TPSA) is 62.9 Å². The predicted molar refractivity (Wildman–Crippen MR) is 69.3 cm³/mol. The van der Waals surface area contributed by atoms with E-state index in [9.17, 15) is 5.26 Å². The normalized spacial score (nSPS) is 22.5. The fraction of sp³-hybridized carbons (Fsp3) is 0.692. The molecule has 1 aliphatic rings. The summed E-state index contributed by atoms with van der Waals surface area (Å²) < 4.78 is 7.44. The third-order valence-electron chi connectivity index (χ3n) is 3.37. The van der Waals surface area contributed by atoms with E-state index in [0.717, 1.165) is 31.0 Å². The Kier molecular flexibility index (Phi) is 3.31. The highest BCUT2D eigenvalue weighted by Gasteiger charge is 2.29. The number of rotatable bonds is 2. The molecule has 98 valence electrons. The summed E-state index contributed by atoms with van der Waals surface area (Å²) in [7, 11) is 1.86. The van der Waals surface area contributed by atoms with Gasteiger partial charge in [-0.3, -0.25) is 4.68 Å². The zero-order valence-electron chi connectivity index (χ0n) is 11.4.